The van der Waals surface area contributed by atoms with Crippen LogP contribution in [-0.2, 0) is 9.53 Å². The van der Waals surface area contributed by atoms with Crippen molar-refractivity contribution in [3.8, 4) is 11.5 Å². The monoisotopic (exact) mass is 356 g/mol. The number of ketones is 1. The lowest BCUT2D eigenvalue weighted by molar-refractivity contribution is -0.148. The van der Waals surface area contributed by atoms with Crippen LogP contribution < -0.4 is 4.74 Å². The molecular weight excluding hydrogens is 336 g/mol. The number of para-hydroxylation sites is 1. The van der Waals surface area contributed by atoms with Gasteiger partial charge in [0.2, 0.25) is 0 Å². The summed E-state index contributed by atoms with van der Waals surface area (Å²) in [6.07, 6.45) is -0.947. The van der Waals surface area contributed by atoms with Crippen molar-refractivity contribution in [1.29, 1.82) is 0 Å². The van der Waals surface area contributed by atoms with E-state index in [2.05, 4.69) is 6.58 Å². The molecule has 0 radical (unpaired) electrons. The molecule has 6 heteroatoms. The number of rotatable bonds is 8. The number of carbonyl (C=O) groups is 2. The van der Waals surface area contributed by atoms with Crippen molar-refractivity contribution in [2.45, 2.75) is 19.1 Å². The maximum Gasteiger partial charge on any atom is 0.330 e. The molecule has 2 atom stereocenters. The minimum atomic E-state index is -1.12. The Morgan fingerprint density at radius 1 is 1.15 bits per heavy atom. The summed E-state index contributed by atoms with van der Waals surface area (Å²) in [7, 11) is 0. The molecule has 0 aromatic heterocycles. The Labute approximate surface area is 151 Å². The first-order chi connectivity index (χ1) is 12.4. The maximum absolute atomic E-state index is 12.5. The van der Waals surface area contributed by atoms with Crippen molar-refractivity contribution >= 4 is 11.8 Å². The number of hydrogen-bond donors (Lipinski definition) is 2. The first-order valence-electron chi connectivity index (χ1n) is 7.99. The van der Waals surface area contributed by atoms with Crippen LogP contribution in [0.1, 0.15) is 22.8 Å². The molecule has 2 unspecified atom stereocenters. The number of phenolic OH excluding ortho intramolecular Hbond substituents is 1. The molecule has 136 valence electrons. The van der Waals surface area contributed by atoms with Gasteiger partial charge in [-0.2, -0.15) is 0 Å². The van der Waals surface area contributed by atoms with Crippen molar-refractivity contribution in [1.82, 2.24) is 0 Å². The molecule has 2 aromatic carbocycles. The Hall–Kier alpha value is -3.12. The zero-order valence-electron chi connectivity index (χ0n) is 14.3. The fourth-order valence-electron chi connectivity index (χ4n) is 2.19. The van der Waals surface area contributed by atoms with E-state index < -0.39 is 18.2 Å². The molecule has 0 aliphatic carbocycles. The zero-order valence-corrected chi connectivity index (χ0v) is 14.3. The Kier molecular flexibility index (Phi) is 6.52. The van der Waals surface area contributed by atoms with E-state index in [9.17, 15) is 19.8 Å². The molecule has 0 aliphatic rings. The van der Waals surface area contributed by atoms with Gasteiger partial charge in [-0.15, -0.1) is 0 Å². The van der Waals surface area contributed by atoms with E-state index in [-0.39, 0.29) is 29.5 Å². The van der Waals surface area contributed by atoms with E-state index in [0.717, 1.165) is 6.08 Å². The van der Waals surface area contributed by atoms with E-state index in [1.165, 1.54) is 19.1 Å². The number of carbonyl (C=O) groups excluding carboxylic acids is 2. The molecule has 0 spiro atoms. The first kappa shape index (κ1) is 19.2. The lowest BCUT2D eigenvalue weighted by atomic mass is 10.0. The third-order valence-electron chi connectivity index (χ3n) is 3.70. The number of ether oxygens (including phenoxy) is 2. The summed E-state index contributed by atoms with van der Waals surface area (Å²) in [5.74, 6) is -1.27. The minimum Gasteiger partial charge on any atom is -0.504 e. The molecule has 0 amide bonds. The smallest absolute Gasteiger partial charge is 0.330 e. The van der Waals surface area contributed by atoms with Crippen LogP contribution in [0.25, 0.3) is 0 Å². The zero-order chi connectivity index (χ0) is 19.1. The Morgan fingerprint density at radius 3 is 2.50 bits per heavy atom. The Balaban J connectivity index is 2.08. The number of aliphatic hydroxyl groups is 1. The summed E-state index contributed by atoms with van der Waals surface area (Å²) >= 11 is 0. The highest BCUT2D eigenvalue weighted by molar-refractivity contribution is 6.11. The molecule has 0 saturated heterocycles. The van der Waals surface area contributed by atoms with Crippen molar-refractivity contribution in [3.63, 3.8) is 0 Å². The number of aliphatic hydroxyl groups excluding tert-OH is 1. The highest BCUT2D eigenvalue weighted by atomic mass is 16.6. The number of hydrogen-bond acceptors (Lipinski definition) is 6. The van der Waals surface area contributed by atoms with Gasteiger partial charge in [0.1, 0.15) is 18.8 Å². The summed E-state index contributed by atoms with van der Waals surface area (Å²) in [5, 5.41) is 20.3. The molecule has 2 N–H and O–H groups in total. The standard InChI is InChI=1S/C20H20O6/c1-3-18(22)26-13(2)16(21)12-25-17-11-7-10-15(20(17)24)19(23)14-8-5-4-6-9-14/h3-11,13,16,21,24H,1,12H2,2H3. The lowest BCUT2D eigenvalue weighted by Crippen LogP contribution is -2.33. The first-order valence-corrected chi connectivity index (χ1v) is 7.99. The van der Waals surface area contributed by atoms with E-state index in [4.69, 9.17) is 9.47 Å². The van der Waals surface area contributed by atoms with Crippen molar-refractivity contribution in [2.24, 2.45) is 0 Å². The van der Waals surface area contributed by atoms with Gasteiger partial charge in [0.05, 0.1) is 5.56 Å². The molecule has 0 saturated carbocycles. The second-order valence-electron chi connectivity index (χ2n) is 5.57. The van der Waals surface area contributed by atoms with Crippen LogP contribution in [0.2, 0.25) is 0 Å². The third kappa shape index (κ3) is 4.70. The van der Waals surface area contributed by atoms with Crippen LogP contribution in [-0.4, -0.2) is 40.8 Å². The van der Waals surface area contributed by atoms with Crippen LogP contribution >= 0.6 is 0 Å². The second-order valence-corrected chi connectivity index (χ2v) is 5.57. The van der Waals surface area contributed by atoms with Gasteiger partial charge in [-0.05, 0) is 19.1 Å². The minimum absolute atomic E-state index is 0.0491. The fourth-order valence-corrected chi connectivity index (χ4v) is 2.19. The summed E-state index contributed by atoms with van der Waals surface area (Å²) < 4.78 is 10.3. The summed E-state index contributed by atoms with van der Waals surface area (Å²) in [6, 6.07) is 13.1. The lowest BCUT2D eigenvalue weighted by Gasteiger charge is -2.19. The summed E-state index contributed by atoms with van der Waals surface area (Å²) in [5.41, 5.74) is 0.527. The van der Waals surface area contributed by atoms with Crippen molar-refractivity contribution < 1.29 is 29.3 Å². The molecule has 2 aromatic rings. The molecular formula is C20H20O6. The maximum atomic E-state index is 12.5. The molecule has 2 rings (SSSR count). The van der Waals surface area contributed by atoms with Crippen molar-refractivity contribution in [3.05, 3.63) is 72.3 Å². The molecule has 0 bridgehead atoms. The van der Waals surface area contributed by atoms with Crippen LogP contribution in [0, 0.1) is 0 Å². The van der Waals surface area contributed by atoms with E-state index >= 15 is 0 Å². The Bertz CT molecular complexity index is 784. The highest BCUT2D eigenvalue weighted by Crippen LogP contribution is 2.31. The van der Waals surface area contributed by atoms with Gasteiger partial charge in [-0.1, -0.05) is 43.0 Å². The van der Waals surface area contributed by atoms with Crippen LogP contribution in [0.4, 0.5) is 0 Å². The number of aromatic hydroxyl groups is 1. The predicted molar refractivity (Wildman–Crippen MR) is 95.2 cm³/mol. The molecule has 0 heterocycles. The number of benzene rings is 2. The molecule has 6 nitrogen and oxygen atoms in total. The third-order valence-corrected chi connectivity index (χ3v) is 3.70. The molecule has 0 fully saturated rings. The van der Waals surface area contributed by atoms with E-state index in [0.29, 0.717) is 5.56 Å². The predicted octanol–water partition coefficient (Wildman–Crippen LogP) is 2.48. The fraction of sp³-hybridized carbons (Fsp3) is 0.200. The summed E-state index contributed by atoms with van der Waals surface area (Å²) in [6.45, 7) is 4.55. The van der Waals surface area contributed by atoms with Gasteiger partial charge in [-0.3, -0.25) is 4.79 Å². The second kappa shape index (κ2) is 8.82. The van der Waals surface area contributed by atoms with Crippen LogP contribution in [0.15, 0.2) is 61.2 Å². The molecule has 0 aliphatic heterocycles. The van der Waals surface area contributed by atoms with E-state index in [1.807, 2.05) is 0 Å². The number of phenols is 1. The topological polar surface area (TPSA) is 93.1 Å². The molecule has 26 heavy (non-hydrogen) atoms. The van der Waals surface area contributed by atoms with Gasteiger partial charge >= 0.3 is 5.97 Å². The SMILES string of the molecule is C=CC(=O)OC(C)C(O)COc1cccc(C(=O)c2ccccc2)c1O. The quantitative estimate of drug-likeness (QED) is 0.429. The highest BCUT2D eigenvalue weighted by Gasteiger charge is 2.21. The Morgan fingerprint density at radius 2 is 1.85 bits per heavy atom. The average Bonchev–Trinajstić information content (AvgIpc) is 2.66. The van der Waals surface area contributed by atoms with Crippen LogP contribution in [0.5, 0.6) is 11.5 Å². The largest absolute Gasteiger partial charge is 0.504 e. The average molecular weight is 356 g/mol. The van der Waals surface area contributed by atoms with Gasteiger partial charge in [-0.25, -0.2) is 4.79 Å². The number of esters is 1. The van der Waals surface area contributed by atoms with E-state index in [1.54, 1.807) is 36.4 Å². The normalized spacial score (nSPS) is 12.7. The van der Waals surface area contributed by atoms with Gasteiger partial charge in [0, 0.05) is 11.6 Å². The van der Waals surface area contributed by atoms with Gasteiger partial charge in [0.15, 0.2) is 17.3 Å². The van der Waals surface area contributed by atoms with Gasteiger partial charge < -0.3 is 19.7 Å². The van der Waals surface area contributed by atoms with Crippen LogP contribution in [0.3, 0.4) is 0 Å². The van der Waals surface area contributed by atoms with Crippen molar-refractivity contribution in [2.75, 3.05) is 6.61 Å². The van der Waals surface area contributed by atoms with Gasteiger partial charge in [0.25, 0.3) is 0 Å². The summed E-state index contributed by atoms with van der Waals surface area (Å²) in [4.78, 5) is 23.6.